The maximum atomic E-state index is 13.7. The number of carbonyl (C=O) groups excluding carboxylic acids is 1. The van der Waals surface area contributed by atoms with E-state index in [1.807, 2.05) is 6.92 Å². The molecule has 1 aliphatic heterocycles. The van der Waals surface area contributed by atoms with E-state index < -0.39 is 14.1 Å². The Hall–Kier alpha value is -2.75. The maximum Gasteiger partial charge on any atom is 0.326 e. The summed E-state index contributed by atoms with van der Waals surface area (Å²) in [4.78, 5) is 15.9. The number of methoxy groups -OCH3 is 2. The van der Waals surface area contributed by atoms with Crippen molar-refractivity contribution < 1.29 is 19.0 Å². The third-order valence-electron chi connectivity index (χ3n) is 8.77. The minimum Gasteiger partial charge on any atom is -0.496 e. The fraction of sp³-hybridized carbons (Fsp3) is 0.634. The van der Waals surface area contributed by atoms with Gasteiger partial charge < -0.3 is 14.2 Å². The zero-order valence-electron chi connectivity index (χ0n) is 32.8. The van der Waals surface area contributed by atoms with Gasteiger partial charge in [0.2, 0.25) is 0 Å². The first kappa shape index (κ1) is 38.7. The first-order chi connectivity index (χ1) is 21.3. The summed E-state index contributed by atoms with van der Waals surface area (Å²) >= 11 is 0. The van der Waals surface area contributed by atoms with E-state index in [1.165, 1.54) is 0 Å². The molecule has 0 bridgehead atoms. The van der Waals surface area contributed by atoms with Gasteiger partial charge in [0, 0.05) is 22.3 Å². The van der Waals surface area contributed by atoms with Crippen LogP contribution in [-0.4, -0.2) is 51.9 Å². The lowest BCUT2D eigenvalue weighted by Crippen LogP contribution is -2.25. The summed E-state index contributed by atoms with van der Waals surface area (Å²) in [5, 5.41) is 0. The van der Waals surface area contributed by atoms with Gasteiger partial charge in [0.1, 0.15) is 25.6 Å². The van der Waals surface area contributed by atoms with Crippen LogP contribution >= 0.6 is 0 Å². The smallest absolute Gasteiger partial charge is 0.326 e. The molecule has 2 aromatic carbocycles. The van der Waals surface area contributed by atoms with Crippen LogP contribution in [0.2, 0.25) is 19.6 Å². The van der Waals surface area contributed by atoms with Crippen LogP contribution < -0.4 is 9.47 Å². The monoisotopic (exact) mass is 661 g/mol. The summed E-state index contributed by atoms with van der Waals surface area (Å²) in [7, 11) is 1.83. The van der Waals surface area contributed by atoms with Crippen molar-refractivity contribution in [3.05, 3.63) is 57.6 Å². The molecular formula is C41H63NO4Si. The van der Waals surface area contributed by atoms with Crippen LogP contribution in [0.5, 0.6) is 11.5 Å². The largest absolute Gasteiger partial charge is 0.496 e. The van der Waals surface area contributed by atoms with Gasteiger partial charge in [0.25, 0.3) is 0 Å². The SMILES string of the molecule is CCOC(=O)[C@@H]1[C@H](C#C[Si](C)(C)C)N1C(c1cc(C(C)(C)C)c(OC)c(C(C)(C)C)c1)c1cc(C(C)(C)C)c(OC)c(C(C)(C)C)c1. The molecule has 1 saturated heterocycles. The third kappa shape index (κ3) is 8.65. The lowest BCUT2D eigenvalue weighted by molar-refractivity contribution is -0.143. The summed E-state index contributed by atoms with van der Waals surface area (Å²) in [5.74, 6) is 5.21. The van der Waals surface area contributed by atoms with Crippen LogP contribution in [0.4, 0.5) is 0 Å². The fourth-order valence-electron chi connectivity index (χ4n) is 6.31. The Kier molecular flexibility index (Phi) is 10.9. The fourth-order valence-corrected chi connectivity index (χ4v) is 6.90. The quantitative estimate of drug-likeness (QED) is 0.128. The van der Waals surface area contributed by atoms with Crippen molar-refractivity contribution in [3.8, 4) is 23.0 Å². The molecule has 0 aromatic heterocycles. The summed E-state index contributed by atoms with van der Waals surface area (Å²) in [5.41, 5.74) is 9.66. The molecule has 3 rings (SSSR count). The van der Waals surface area contributed by atoms with Gasteiger partial charge in [-0.3, -0.25) is 9.69 Å². The average molecular weight is 662 g/mol. The molecule has 6 heteroatoms. The Morgan fingerprint density at radius 3 is 1.32 bits per heavy atom. The van der Waals surface area contributed by atoms with Crippen LogP contribution in [0.1, 0.15) is 129 Å². The predicted octanol–water partition coefficient (Wildman–Crippen LogP) is 9.48. The standard InChI is InChI=1S/C41H63NO4Si/c1-19-46-37(43)34-32(20-21-47(16,17)18)42(34)33(26-22-28(38(2,3)4)35(44-14)29(23-26)39(5,6)7)27-24-30(40(8,9)10)36(45-15)31(25-27)41(11,12)13/h22-25,32-34H,19H2,1-18H3/t32-,34-,42?/m0/s1. The molecule has 3 atom stereocenters. The molecule has 1 unspecified atom stereocenters. The summed E-state index contributed by atoms with van der Waals surface area (Å²) in [6, 6.07) is 8.26. The number of benzene rings is 2. The molecule has 0 spiro atoms. The zero-order chi connectivity index (χ0) is 36.1. The Labute approximate surface area is 288 Å². The maximum absolute atomic E-state index is 13.7. The highest BCUT2D eigenvalue weighted by Crippen LogP contribution is 2.50. The van der Waals surface area contributed by atoms with E-state index in [2.05, 4.69) is 143 Å². The summed E-state index contributed by atoms with van der Waals surface area (Å²) in [6.07, 6.45) is 0. The number of esters is 1. The molecule has 1 aliphatic rings. The Balaban J connectivity index is 2.57. The number of carbonyl (C=O) groups is 1. The molecule has 0 N–H and O–H groups in total. The zero-order valence-corrected chi connectivity index (χ0v) is 33.8. The van der Waals surface area contributed by atoms with E-state index in [-0.39, 0.29) is 39.7 Å². The van der Waals surface area contributed by atoms with E-state index in [0.29, 0.717) is 6.61 Å². The highest BCUT2D eigenvalue weighted by molar-refractivity contribution is 6.83. The Morgan fingerprint density at radius 2 is 1.06 bits per heavy atom. The molecule has 0 aliphatic carbocycles. The van der Waals surface area contributed by atoms with Gasteiger partial charge in [0.05, 0.1) is 32.9 Å². The lowest BCUT2D eigenvalue weighted by atomic mass is 9.75. The first-order valence-electron chi connectivity index (χ1n) is 17.2. The van der Waals surface area contributed by atoms with E-state index in [4.69, 9.17) is 14.2 Å². The first-order valence-corrected chi connectivity index (χ1v) is 20.7. The van der Waals surface area contributed by atoms with Crippen molar-refractivity contribution in [2.24, 2.45) is 0 Å². The molecule has 0 amide bonds. The number of rotatable bonds is 7. The van der Waals surface area contributed by atoms with Gasteiger partial charge in [0.15, 0.2) is 0 Å². The molecule has 0 saturated carbocycles. The number of hydrogen-bond acceptors (Lipinski definition) is 5. The number of ether oxygens (including phenoxy) is 3. The molecule has 1 heterocycles. The minimum atomic E-state index is -1.72. The van der Waals surface area contributed by atoms with Gasteiger partial charge in [-0.2, -0.15) is 0 Å². The predicted molar refractivity (Wildman–Crippen MR) is 200 cm³/mol. The molecule has 1 fully saturated rings. The van der Waals surface area contributed by atoms with Crippen molar-refractivity contribution in [3.63, 3.8) is 0 Å². The minimum absolute atomic E-state index is 0.185. The second-order valence-electron chi connectivity index (χ2n) is 18.3. The van der Waals surface area contributed by atoms with Gasteiger partial charge in [-0.1, -0.05) is 109 Å². The second kappa shape index (κ2) is 13.3. The van der Waals surface area contributed by atoms with Crippen LogP contribution in [0.25, 0.3) is 0 Å². The van der Waals surface area contributed by atoms with E-state index in [0.717, 1.165) is 44.9 Å². The molecule has 47 heavy (non-hydrogen) atoms. The van der Waals surface area contributed by atoms with Crippen molar-refractivity contribution in [1.82, 2.24) is 4.90 Å². The van der Waals surface area contributed by atoms with Crippen molar-refractivity contribution in [1.29, 1.82) is 0 Å². The highest BCUT2D eigenvalue weighted by atomic mass is 28.3. The van der Waals surface area contributed by atoms with Gasteiger partial charge in [-0.25, -0.2) is 0 Å². The molecule has 0 radical (unpaired) electrons. The lowest BCUT2D eigenvalue weighted by Gasteiger charge is -2.34. The van der Waals surface area contributed by atoms with E-state index in [1.54, 1.807) is 14.2 Å². The van der Waals surface area contributed by atoms with Crippen LogP contribution in [0.15, 0.2) is 24.3 Å². The summed E-state index contributed by atoms with van der Waals surface area (Å²) in [6.45, 7) is 35.8. The number of hydrogen-bond donors (Lipinski definition) is 0. The Morgan fingerprint density at radius 1 is 0.723 bits per heavy atom. The molecule has 2 aromatic rings. The average Bonchev–Trinajstić information content (AvgIpc) is 3.62. The molecule has 260 valence electrons. The Bertz CT molecular complexity index is 1370. The van der Waals surface area contributed by atoms with Crippen molar-refractivity contribution in [2.75, 3.05) is 20.8 Å². The highest BCUT2D eigenvalue weighted by Gasteiger charge is 2.57. The van der Waals surface area contributed by atoms with Gasteiger partial charge >= 0.3 is 5.97 Å². The second-order valence-corrected chi connectivity index (χ2v) is 23.1. The van der Waals surface area contributed by atoms with Crippen LogP contribution in [0.3, 0.4) is 0 Å². The number of nitrogens with zero attached hydrogens (tertiary/aromatic N) is 1. The molecule has 5 nitrogen and oxygen atoms in total. The third-order valence-corrected chi connectivity index (χ3v) is 9.66. The van der Waals surface area contributed by atoms with Crippen molar-refractivity contribution in [2.45, 2.75) is 149 Å². The van der Waals surface area contributed by atoms with E-state index in [9.17, 15) is 4.79 Å². The normalized spacial score (nSPS) is 18.8. The summed E-state index contributed by atoms with van der Waals surface area (Å²) < 4.78 is 18.0. The van der Waals surface area contributed by atoms with Gasteiger partial charge in [-0.05, 0) is 64.0 Å². The van der Waals surface area contributed by atoms with E-state index >= 15 is 0 Å². The van der Waals surface area contributed by atoms with Crippen molar-refractivity contribution >= 4 is 14.0 Å². The topological polar surface area (TPSA) is 47.8 Å². The molecular weight excluding hydrogens is 599 g/mol. The van der Waals surface area contributed by atoms with Crippen LogP contribution in [-0.2, 0) is 31.2 Å². The van der Waals surface area contributed by atoms with Crippen LogP contribution in [0, 0.1) is 11.5 Å². The van der Waals surface area contributed by atoms with Gasteiger partial charge in [-0.15, -0.1) is 5.54 Å².